The van der Waals surface area contributed by atoms with E-state index in [-0.39, 0.29) is 33.3 Å². The summed E-state index contributed by atoms with van der Waals surface area (Å²) in [6, 6.07) is 10.2. The predicted molar refractivity (Wildman–Crippen MR) is 112 cm³/mol. The zero-order valence-electron chi connectivity index (χ0n) is 15.5. The lowest BCUT2D eigenvalue weighted by molar-refractivity contribution is 0.0600. The zero-order chi connectivity index (χ0) is 21.7. The van der Waals surface area contributed by atoms with Crippen LogP contribution < -0.4 is 10.6 Å². The van der Waals surface area contributed by atoms with Crippen LogP contribution >= 0.6 is 23.2 Å². The molecule has 0 saturated heterocycles. The average molecular weight is 445 g/mol. The van der Waals surface area contributed by atoms with Crippen molar-refractivity contribution < 1.29 is 19.1 Å². The topological polar surface area (TPSA) is 110 Å². The fraction of sp³-hybridized carbons (Fsp3) is 0.0500. The van der Waals surface area contributed by atoms with Crippen LogP contribution in [0.15, 0.2) is 54.9 Å². The van der Waals surface area contributed by atoms with E-state index in [0.717, 1.165) is 0 Å². The van der Waals surface area contributed by atoms with Gasteiger partial charge in [-0.05, 0) is 42.5 Å². The number of anilines is 2. The number of hydrogen-bond acceptors (Lipinski definition) is 6. The number of hydrogen-bond donors (Lipinski definition) is 2. The summed E-state index contributed by atoms with van der Waals surface area (Å²) in [6.45, 7) is 0. The summed E-state index contributed by atoms with van der Waals surface area (Å²) >= 11 is 11.5. The van der Waals surface area contributed by atoms with Crippen LogP contribution in [0.5, 0.6) is 0 Å². The van der Waals surface area contributed by atoms with E-state index in [2.05, 4.69) is 20.6 Å². The molecule has 3 aromatic rings. The maximum Gasteiger partial charge on any atom is 0.337 e. The number of esters is 1. The lowest BCUT2D eigenvalue weighted by Gasteiger charge is -2.13. The van der Waals surface area contributed by atoms with Crippen LogP contribution in [-0.4, -0.2) is 34.9 Å². The van der Waals surface area contributed by atoms with E-state index >= 15 is 0 Å². The number of rotatable bonds is 5. The van der Waals surface area contributed by atoms with Gasteiger partial charge in [0, 0.05) is 12.4 Å². The number of amides is 2. The first-order valence-corrected chi connectivity index (χ1v) is 9.21. The Morgan fingerprint density at radius 3 is 2.27 bits per heavy atom. The maximum atomic E-state index is 12.8. The van der Waals surface area contributed by atoms with Crippen LogP contribution in [0.4, 0.5) is 11.5 Å². The molecule has 2 heterocycles. The molecular formula is C20H14Cl2N4O4. The first-order chi connectivity index (χ1) is 14.4. The molecule has 0 aliphatic carbocycles. The fourth-order valence-electron chi connectivity index (χ4n) is 2.43. The van der Waals surface area contributed by atoms with Gasteiger partial charge in [0.05, 0.1) is 34.5 Å². The number of carbonyl (C=O) groups is 3. The number of pyridine rings is 2. The third kappa shape index (κ3) is 5.11. The van der Waals surface area contributed by atoms with Gasteiger partial charge in [-0.2, -0.15) is 0 Å². The summed E-state index contributed by atoms with van der Waals surface area (Å²) in [5, 5.41) is 5.86. The number of nitrogens with zero attached hydrogens (tertiary/aromatic N) is 2. The smallest absolute Gasteiger partial charge is 0.337 e. The van der Waals surface area contributed by atoms with Crippen LogP contribution in [-0.2, 0) is 4.74 Å². The Morgan fingerprint density at radius 2 is 1.63 bits per heavy atom. The number of ether oxygens (including phenoxy) is 1. The number of halogens is 2. The minimum absolute atomic E-state index is 0.101. The van der Waals surface area contributed by atoms with Gasteiger partial charge < -0.3 is 15.4 Å². The van der Waals surface area contributed by atoms with Gasteiger partial charge in [-0.1, -0.05) is 23.2 Å². The van der Waals surface area contributed by atoms with E-state index < -0.39 is 17.8 Å². The molecule has 30 heavy (non-hydrogen) atoms. The molecule has 2 amide bonds. The molecule has 152 valence electrons. The van der Waals surface area contributed by atoms with Crippen molar-refractivity contribution >= 4 is 52.5 Å². The number of aromatic nitrogens is 2. The van der Waals surface area contributed by atoms with Crippen LogP contribution in [0.25, 0.3) is 0 Å². The summed E-state index contributed by atoms with van der Waals surface area (Å²) in [6.07, 6.45) is 2.67. The first kappa shape index (κ1) is 21.2. The van der Waals surface area contributed by atoms with Crippen molar-refractivity contribution in [2.45, 2.75) is 0 Å². The number of nitrogens with one attached hydrogen (secondary N) is 2. The lowest BCUT2D eigenvalue weighted by Crippen LogP contribution is -2.19. The summed E-state index contributed by atoms with van der Waals surface area (Å²) < 4.78 is 4.70. The zero-order valence-corrected chi connectivity index (χ0v) is 17.0. The highest BCUT2D eigenvalue weighted by molar-refractivity contribution is 6.30. The van der Waals surface area contributed by atoms with Gasteiger partial charge in [-0.3, -0.25) is 9.59 Å². The van der Waals surface area contributed by atoms with Crippen molar-refractivity contribution in [3.8, 4) is 0 Å². The molecule has 0 bridgehead atoms. The second kappa shape index (κ2) is 9.34. The summed E-state index contributed by atoms with van der Waals surface area (Å²) in [5.41, 5.74) is 0.579. The maximum absolute atomic E-state index is 12.8. The molecule has 8 nitrogen and oxygen atoms in total. The molecule has 0 aliphatic rings. The van der Waals surface area contributed by atoms with Gasteiger partial charge in [0.2, 0.25) is 0 Å². The molecule has 10 heteroatoms. The molecule has 0 saturated carbocycles. The van der Waals surface area contributed by atoms with E-state index in [4.69, 9.17) is 27.9 Å². The van der Waals surface area contributed by atoms with Crippen molar-refractivity contribution in [2.75, 3.05) is 17.7 Å². The molecular weight excluding hydrogens is 431 g/mol. The molecule has 2 aromatic heterocycles. The quantitative estimate of drug-likeness (QED) is 0.453. The van der Waals surface area contributed by atoms with E-state index in [1.165, 1.54) is 55.9 Å². The Labute approximate surface area is 181 Å². The van der Waals surface area contributed by atoms with E-state index in [9.17, 15) is 14.4 Å². The van der Waals surface area contributed by atoms with Crippen molar-refractivity contribution in [3.63, 3.8) is 0 Å². The minimum atomic E-state index is -0.620. The molecule has 0 aliphatic heterocycles. The largest absolute Gasteiger partial charge is 0.465 e. The summed E-state index contributed by atoms with van der Waals surface area (Å²) in [5.74, 6) is -1.45. The summed E-state index contributed by atoms with van der Waals surface area (Å²) in [7, 11) is 1.23. The highest BCUT2D eigenvalue weighted by Gasteiger charge is 2.18. The first-order valence-electron chi connectivity index (χ1n) is 8.45. The molecule has 0 fully saturated rings. The third-order valence-corrected chi connectivity index (χ3v) is 4.34. The Morgan fingerprint density at radius 1 is 0.867 bits per heavy atom. The van der Waals surface area contributed by atoms with E-state index in [1.807, 2.05) is 0 Å². The van der Waals surface area contributed by atoms with Crippen molar-refractivity contribution in [3.05, 3.63) is 81.7 Å². The van der Waals surface area contributed by atoms with Gasteiger partial charge in [0.25, 0.3) is 11.8 Å². The third-order valence-electron chi connectivity index (χ3n) is 3.89. The molecule has 0 atom stereocenters. The SMILES string of the molecule is COC(=O)c1ccc(C(=O)Nc2ccc(Cl)cn2)c(NC(=O)c2ccc(Cl)nc2)c1. The van der Waals surface area contributed by atoms with Gasteiger partial charge in [-0.25, -0.2) is 14.8 Å². The predicted octanol–water partition coefficient (Wildman–Crippen LogP) is 4.07. The molecule has 3 rings (SSSR count). The van der Waals surface area contributed by atoms with Gasteiger partial charge in [0.1, 0.15) is 11.0 Å². The standard InChI is InChI=1S/C20H14Cl2N4O4/c1-30-20(29)11-2-5-14(19(28)26-17-7-4-13(21)10-24-17)15(8-11)25-18(27)12-3-6-16(22)23-9-12/h2-10H,1H3,(H,25,27)(H,24,26,28). The molecule has 2 N–H and O–H groups in total. The average Bonchev–Trinajstić information content (AvgIpc) is 2.75. The Kier molecular flexibility index (Phi) is 6.61. The molecule has 0 unspecified atom stereocenters. The highest BCUT2D eigenvalue weighted by Crippen LogP contribution is 2.21. The molecule has 0 spiro atoms. The number of methoxy groups -OCH3 is 1. The van der Waals surface area contributed by atoms with Crippen LogP contribution in [0, 0.1) is 0 Å². The number of carbonyl (C=O) groups excluding carboxylic acids is 3. The van der Waals surface area contributed by atoms with Crippen LogP contribution in [0.2, 0.25) is 10.2 Å². The monoisotopic (exact) mass is 444 g/mol. The number of benzene rings is 1. The second-order valence-corrected chi connectivity index (χ2v) is 6.72. The van der Waals surface area contributed by atoms with Crippen molar-refractivity contribution in [1.29, 1.82) is 0 Å². The van der Waals surface area contributed by atoms with Crippen LogP contribution in [0.1, 0.15) is 31.1 Å². The second-order valence-electron chi connectivity index (χ2n) is 5.89. The Balaban J connectivity index is 1.92. The van der Waals surface area contributed by atoms with E-state index in [0.29, 0.717) is 5.02 Å². The van der Waals surface area contributed by atoms with Crippen LogP contribution in [0.3, 0.4) is 0 Å². The van der Waals surface area contributed by atoms with Crippen molar-refractivity contribution in [1.82, 2.24) is 9.97 Å². The van der Waals surface area contributed by atoms with Gasteiger partial charge in [0.15, 0.2) is 0 Å². The fourth-order valence-corrected chi connectivity index (χ4v) is 2.65. The lowest BCUT2D eigenvalue weighted by atomic mass is 10.1. The van der Waals surface area contributed by atoms with Gasteiger partial charge >= 0.3 is 5.97 Å². The summed E-state index contributed by atoms with van der Waals surface area (Å²) in [4.78, 5) is 45.1. The highest BCUT2D eigenvalue weighted by atomic mass is 35.5. The molecule has 1 aromatic carbocycles. The Hall–Kier alpha value is -3.49. The van der Waals surface area contributed by atoms with Gasteiger partial charge in [-0.15, -0.1) is 0 Å². The van der Waals surface area contributed by atoms with Crippen molar-refractivity contribution in [2.24, 2.45) is 0 Å². The molecule has 0 radical (unpaired) electrons. The van der Waals surface area contributed by atoms with E-state index in [1.54, 1.807) is 6.07 Å². The minimum Gasteiger partial charge on any atom is -0.465 e. The Bertz CT molecular complexity index is 1100. The normalized spacial score (nSPS) is 10.2.